The minimum atomic E-state index is -0.362. The Balaban J connectivity index is 2.58. The first-order valence-electron chi connectivity index (χ1n) is 4.96. The molecule has 0 heterocycles. The fraction of sp³-hybridized carbons (Fsp3) is 0.364. The van der Waals surface area contributed by atoms with Gasteiger partial charge < -0.3 is 10.6 Å². The van der Waals surface area contributed by atoms with Crippen LogP contribution < -0.4 is 5.73 Å². The van der Waals surface area contributed by atoms with E-state index in [0.29, 0.717) is 18.0 Å². The van der Waals surface area contributed by atoms with Crippen LogP contribution in [-0.4, -0.2) is 30.2 Å². The molecule has 1 amide bonds. The molecule has 0 radical (unpaired) electrons. The highest BCUT2D eigenvalue weighted by molar-refractivity contribution is 8.00. The third-order valence-corrected chi connectivity index (χ3v) is 3.30. The lowest BCUT2D eigenvalue weighted by Gasteiger charge is -2.14. The molecule has 0 aliphatic rings. The maximum Gasteiger partial charge on any atom is 0.232 e. The smallest absolute Gasteiger partial charge is 0.232 e. The molecule has 5 heteroatoms. The summed E-state index contributed by atoms with van der Waals surface area (Å²) in [7, 11) is 1.75. The van der Waals surface area contributed by atoms with Gasteiger partial charge in [0.05, 0.1) is 5.75 Å². The van der Waals surface area contributed by atoms with Crippen LogP contribution in [0, 0.1) is 5.82 Å². The van der Waals surface area contributed by atoms with Crippen molar-refractivity contribution in [1.29, 1.82) is 0 Å². The summed E-state index contributed by atoms with van der Waals surface area (Å²) in [5, 5.41) is 0. The summed E-state index contributed by atoms with van der Waals surface area (Å²) >= 11 is 1.32. The van der Waals surface area contributed by atoms with Gasteiger partial charge in [-0.15, -0.1) is 11.8 Å². The Morgan fingerprint density at radius 3 is 2.81 bits per heavy atom. The highest BCUT2D eigenvalue weighted by Gasteiger charge is 2.08. The van der Waals surface area contributed by atoms with E-state index in [9.17, 15) is 9.18 Å². The van der Waals surface area contributed by atoms with Crippen molar-refractivity contribution in [2.75, 3.05) is 25.1 Å². The number of carbonyl (C=O) groups is 1. The van der Waals surface area contributed by atoms with E-state index in [0.717, 1.165) is 4.90 Å². The van der Waals surface area contributed by atoms with Crippen LogP contribution in [0.4, 0.5) is 10.1 Å². The molecule has 0 unspecified atom stereocenters. The van der Waals surface area contributed by atoms with E-state index in [1.807, 2.05) is 6.92 Å². The van der Waals surface area contributed by atoms with Crippen LogP contribution in [0.3, 0.4) is 0 Å². The van der Waals surface area contributed by atoms with Gasteiger partial charge >= 0.3 is 0 Å². The molecule has 0 aromatic heterocycles. The lowest BCUT2D eigenvalue weighted by molar-refractivity contribution is -0.126. The van der Waals surface area contributed by atoms with E-state index in [-0.39, 0.29) is 11.7 Å². The molecule has 0 bridgehead atoms. The fourth-order valence-corrected chi connectivity index (χ4v) is 1.97. The minimum Gasteiger partial charge on any atom is -0.398 e. The number of benzene rings is 1. The first kappa shape index (κ1) is 12.8. The number of hydrogen-bond donors (Lipinski definition) is 1. The maximum atomic E-state index is 12.8. The van der Waals surface area contributed by atoms with Gasteiger partial charge in [0.25, 0.3) is 0 Å². The van der Waals surface area contributed by atoms with Crippen LogP contribution in [0.15, 0.2) is 23.1 Å². The van der Waals surface area contributed by atoms with Crippen molar-refractivity contribution in [3.63, 3.8) is 0 Å². The first-order chi connectivity index (χ1) is 7.54. The van der Waals surface area contributed by atoms with E-state index >= 15 is 0 Å². The molecule has 0 atom stereocenters. The van der Waals surface area contributed by atoms with Gasteiger partial charge in [0.15, 0.2) is 0 Å². The number of thioether (sulfide) groups is 1. The number of hydrogen-bond acceptors (Lipinski definition) is 3. The average molecular weight is 242 g/mol. The Morgan fingerprint density at radius 2 is 2.25 bits per heavy atom. The molecule has 0 saturated carbocycles. The van der Waals surface area contributed by atoms with Crippen LogP contribution in [0.5, 0.6) is 0 Å². The van der Waals surface area contributed by atoms with Crippen molar-refractivity contribution < 1.29 is 9.18 Å². The average Bonchev–Trinajstić information content (AvgIpc) is 2.26. The molecule has 1 rings (SSSR count). The molecular weight excluding hydrogens is 227 g/mol. The molecular formula is C11H15FN2OS. The van der Waals surface area contributed by atoms with E-state index in [1.54, 1.807) is 18.0 Å². The third kappa shape index (κ3) is 3.41. The van der Waals surface area contributed by atoms with E-state index < -0.39 is 0 Å². The van der Waals surface area contributed by atoms with E-state index in [4.69, 9.17) is 5.73 Å². The second-order valence-electron chi connectivity index (χ2n) is 3.38. The highest BCUT2D eigenvalue weighted by atomic mass is 32.2. The zero-order valence-corrected chi connectivity index (χ0v) is 10.2. The normalized spacial score (nSPS) is 10.2. The van der Waals surface area contributed by atoms with Crippen molar-refractivity contribution >= 4 is 23.4 Å². The number of amides is 1. The van der Waals surface area contributed by atoms with Crippen molar-refractivity contribution in [3.8, 4) is 0 Å². The minimum absolute atomic E-state index is 0.0382. The summed E-state index contributed by atoms with van der Waals surface area (Å²) in [5.74, 6) is -0.00439. The Morgan fingerprint density at radius 1 is 1.56 bits per heavy atom. The molecule has 16 heavy (non-hydrogen) atoms. The molecule has 0 spiro atoms. The summed E-state index contributed by atoms with van der Waals surface area (Å²) < 4.78 is 12.8. The summed E-state index contributed by atoms with van der Waals surface area (Å²) in [6.45, 7) is 2.59. The lowest BCUT2D eigenvalue weighted by atomic mass is 10.3. The molecule has 0 aliphatic carbocycles. The van der Waals surface area contributed by atoms with Crippen LogP contribution in [0.1, 0.15) is 6.92 Å². The quantitative estimate of drug-likeness (QED) is 0.648. The number of nitrogen functional groups attached to an aromatic ring is 1. The lowest BCUT2D eigenvalue weighted by Crippen LogP contribution is -2.27. The second kappa shape index (κ2) is 5.75. The Bertz CT molecular complexity index is 384. The molecule has 1 aromatic rings. The number of nitrogens with two attached hydrogens (primary N) is 1. The SMILES string of the molecule is CCN(C)C(=O)CSc1ccc(F)cc1N. The number of nitrogens with zero attached hydrogens (tertiary/aromatic N) is 1. The number of carbonyl (C=O) groups excluding carboxylic acids is 1. The molecule has 2 N–H and O–H groups in total. The zero-order chi connectivity index (χ0) is 12.1. The largest absolute Gasteiger partial charge is 0.398 e. The van der Waals surface area contributed by atoms with Gasteiger partial charge in [-0.3, -0.25) is 4.79 Å². The maximum absolute atomic E-state index is 12.8. The topological polar surface area (TPSA) is 46.3 Å². The highest BCUT2D eigenvalue weighted by Crippen LogP contribution is 2.25. The molecule has 1 aromatic carbocycles. The van der Waals surface area contributed by atoms with Crippen LogP contribution in [0.25, 0.3) is 0 Å². The predicted octanol–water partition coefficient (Wildman–Crippen LogP) is 1.98. The van der Waals surface area contributed by atoms with Crippen molar-refractivity contribution in [3.05, 3.63) is 24.0 Å². The van der Waals surface area contributed by atoms with Crippen LogP contribution in [-0.2, 0) is 4.79 Å². The second-order valence-corrected chi connectivity index (χ2v) is 4.40. The van der Waals surface area contributed by atoms with Gasteiger partial charge in [0, 0.05) is 24.2 Å². The number of anilines is 1. The van der Waals surface area contributed by atoms with Crippen molar-refractivity contribution in [2.45, 2.75) is 11.8 Å². The standard InChI is InChI=1S/C11H15FN2OS/c1-3-14(2)11(15)7-16-10-5-4-8(12)6-9(10)13/h4-6H,3,7,13H2,1-2H3. The van der Waals surface area contributed by atoms with Crippen LogP contribution in [0.2, 0.25) is 0 Å². The van der Waals surface area contributed by atoms with Gasteiger partial charge in [-0.25, -0.2) is 4.39 Å². The van der Waals surface area contributed by atoms with Gasteiger partial charge in [-0.1, -0.05) is 0 Å². The molecule has 0 saturated heterocycles. The van der Waals surface area contributed by atoms with Crippen molar-refractivity contribution in [2.24, 2.45) is 0 Å². The monoisotopic (exact) mass is 242 g/mol. The Hall–Kier alpha value is -1.23. The Kier molecular flexibility index (Phi) is 4.61. The molecule has 0 aliphatic heterocycles. The summed E-state index contributed by atoms with van der Waals surface area (Å²) in [6, 6.07) is 4.19. The van der Waals surface area contributed by atoms with Gasteiger partial charge in [-0.2, -0.15) is 0 Å². The number of halogens is 1. The van der Waals surface area contributed by atoms with Gasteiger partial charge in [0.1, 0.15) is 5.82 Å². The predicted molar refractivity (Wildman–Crippen MR) is 64.8 cm³/mol. The first-order valence-corrected chi connectivity index (χ1v) is 5.95. The van der Waals surface area contributed by atoms with E-state index in [2.05, 4.69) is 0 Å². The van der Waals surface area contributed by atoms with Gasteiger partial charge in [-0.05, 0) is 25.1 Å². The van der Waals surface area contributed by atoms with Crippen LogP contribution >= 0.6 is 11.8 Å². The zero-order valence-electron chi connectivity index (χ0n) is 9.37. The molecule has 3 nitrogen and oxygen atoms in total. The summed E-state index contributed by atoms with van der Waals surface area (Å²) in [6.07, 6.45) is 0. The summed E-state index contributed by atoms with van der Waals surface area (Å²) in [4.78, 5) is 13.9. The molecule has 0 fully saturated rings. The Labute approximate surface area is 98.8 Å². The van der Waals surface area contributed by atoms with E-state index in [1.165, 1.54) is 23.9 Å². The van der Waals surface area contributed by atoms with Crippen molar-refractivity contribution in [1.82, 2.24) is 4.90 Å². The summed E-state index contributed by atoms with van der Waals surface area (Å²) in [5.41, 5.74) is 6.00. The third-order valence-electron chi connectivity index (χ3n) is 2.22. The number of rotatable bonds is 4. The fourth-order valence-electron chi connectivity index (χ4n) is 1.08. The van der Waals surface area contributed by atoms with Gasteiger partial charge in [0.2, 0.25) is 5.91 Å². The molecule has 88 valence electrons.